The maximum atomic E-state index is 12.4. The fraction of sp³-hybridized carbons (Fsp3) is 0.467. The van der Waals surface area contributed by atoms with Crippen molar-refractivity contribution in [2.75, 3.05) is 0 Å². The van der Waals surface area contributed by atoms with Crippen molar-refractivity contribution < 1.29 is 4.79 Å². The molecule has 3 rings (SSSR count). The molecule has 2 aliphatic heterocycles. The minimum atomic E-state index is 0.164. The van der Waals surface area contributed by atoms with Gasteiger partial charge in [-0.05, 0) is 37.8 Å². The Labute approximate surface area is 107 Å². The first-order valence-corrected chi connectivity index (χ1v) is 6.56. The van der Waals surface area contributed by atoms with Gasteiger partial charge in [-0.15, -0.1) is 0 Å². The summed E-state index contributed by atoms with van der Waals surface area (Å²) in [6.07, 6.45) is 4.36. The van der Waals surface area contributed by atoms with Crippen LogP contribution in [0.2, 0.25) is 0 Å². The van der Waals surface area contributed by atoms with Crippen molar-refractivity contribution in [3.05, 3.63) is 35.4 Å². The van der Waals surface area contributed by atoms with Gasteiger partial charge in [-0.2, -0.15) is 5.26 Å². The van der Waals surface area contributed by atoms with Crippen molar-refractivity contribution in [3.8, 4) is 6.07 Å². The Bertz CT molecular complexity index is 488. The number of ketones is 1. The summed E-state index contributed by atoms with van der Waals surface area (Å²) in [5.74, 6) is 0.412. The zero-order valence-electron chi connectivity index (χ0n) is 10.2. The van der Waals surface area contributed by atoms with E-state index in [2.05, 4.69) is 11.4 Å². The van der Waals surface area contributed by atoms with Gasteiger partial charge in [0.15, 0.2) is 5.78 Å². The van der Waals surface area contributed by atoms with Crippen LogP contribution in [0.25, 0.3) is 0 Å². The average Bonchev–Trinajstić information content (AvgIpc) is 2.77. The van der Waals surface area contributed by atoms with Crippen LogP contribution < -0.4 is 5.32 Å². The number of nitrogens with zero attached hydrogens (tertiary/aromatic N) is 1. The molecule has 2 heterocycles. The van der Waals surface area contributed by atoms with E-state index >= 15 is 0 Å². The van der Waals surface area contributed by atoms with Crippen LogP contribution >= 0.6 is 0 Å². The van der Waals surface area contributed by atoms with Crippen LogP contribution in [0, 0.1) is 17.2 Å². The predicted molar refractivity (Wildman–Crippen MR) is 68.2 cm³/mol. The molecule has 1 aromatic rings. The van der Waals surface area contributed by atoms with Crippen molar-refractivity contribution in [2.45, 2.75) is 37.8 Å². The van der Waals surface area contributed by atoms with Gasteiger partial charge >= 0.3 is 0 Å². The second-order valence-electron chi connectivity index (χ2n) is 5.36. The molecule has 0 amide bonds. The van der Waals surface area contributed by atoms with Crippen molar-refractivity contribution in [1.29, 1.82) is 5.26 Å². The summed E-state index contributed by atoms with van der Waals surface area (Å²) in [6.45, 7) is 0. The zero-order valence-corrected chi connectivity index (χ0v) is 10.2. The number of fused-ring (bicyclic) bond motifs is 2. The van der Waals surface area contributed by atoms with E-state index in [4.69, 9.17) is 5.26 Å². The van der Waals surface area contributed by atoms with Crippen LogP contribution in [0.4, 0.5) is 0 Å². The highest BCUT2D eigenvalue weighted by Gasteiger charge is 2.36. The number of Topliss-reactive ketones (excluding diaryl/α,β-unsaturated/α-hetero) is 1. The van der Waals surface area contributed by atoms with Gasteiger partial charge in [0.25, 0.3) is 0 Å². The summed E-state index contributed by atoms with van der Waals surface area (Å²) in [6, 6.07) is 10.2. The van der Waals surface area contributed by atoms with E-state index in [-0.39, 0.29) is 11.7 Å². The number of rotatable bonds is 2. The Morgan fingerprint density at radius 3 is 2.33 bits per heavy atom. The first-order chi connectivity index (χ1) is 8.76. The molecule has 3 nitrogen and oxygen atoms in total. The highest BCUT2D eigenvalue weighted by molar-refractivity contribution is 5.98. The molecule has 0 saturated carbocycles. The maximum Gasteiger partial charge on any atom is 0.166 e. The van der Waals surface area contributed by atoms with E-state index in [9.17, 15) is 4.79 Å². The van der Waals surface area contributed by atoms with Gasteiger partial charge < -0.3 is 5.32 Å². The highest BCUT2D eigenvalue weighted by Crippen LogP contribution is 2.32. The van der Waals surface area contributed by atoms with Crippen molar-refractivity contribution >= 4 is 5.78 Å². The molecular weight excluding hydrogens is 224 g/mol. The topological polar surface area (TPSA) is 52.9 Å². The standard InChI is InChI=1S/C15H16N2O/c16-9-10-1-3-11(4-2-10)15(18)12-7-13-5-6-14(8-12)17-13/h1-4,12-14,17H,5-8H2. The van der Waals surface area contributed by atoms with Gasteiger partial charge in [0.05, 0.1) is 11.6 Å². The molecule has 2 atom stereocenters. The van der Waals surface area contributed by atoms with E-state index in [0.717, 1.165) is 18.4 Å². The molecule has 2 saturated heterocycles. The minimum absolute atomic E-state index is 0.164. The lowest BCUT2D eigenvalue weighted by Gasteiger charge is -2.28. The third-order valence-corrected chi connectivity index (χ3v) is 4.14. The normalized spacial score (nSPS) is 29.8. The first-order valence-electron chi connectivity index (χ1n) is 6.56. The Morgan fingerprint density at radius 2 is 1.78 bits per heavy atom. The highest BCUT2D eigenvalue weighted by atomic mass is 16.1. The monoisotopic (exact) mass is 240 g/mol. The lowest BCUT2D eigenvalue weighted by atomic mass is 9.86. The van der Waals surface area contributed by atoms with E-state index in [1.807, 2.05) is 0 Å². The Hall–Kier alpha value is -1.66. The Balaban J connectivity index is 1.76. The van der Waals surface area contributed by atoms with Crippen LogP contribution in [-0.2, 0) is 0 Å². The molecule has 2 bridgehead atoms. The van der Waals surface area contributed by atoms with Gasteiger partial charge in [-0.25, -0.2) is 0 Å². The fourth-order valence-corrected chi connectivity index (χ4v) is 3.22. The van der Waals surface area contributed by atoms with E-state index in [1.54, 1.807) is 24.3 Å². The molecule has 0 aliphatic carbocycles. The molecule has 1 N–H and O–H groups in total. The molecule has 2 fully saturated rings. The number of nitrogens with one attached hydrogen (secondary N) is 1. The number of nitriles is 1. The molecule has 0 radical (unpaired) electrons. The summed E-state index contributed by atoms with van der Waals surface area (Å²) in [5.41, 5.74) is 1.36. The molecule has 3 heteroatoms. The van der Waals surface area contributed by atoms with Gasteiger partial charge in [0, 0.05) is 23.6 Å². The van der Waals surface area contributed by atoms with Crippen molar-refractivity contribution in [1.82, 2.24) is 5.32 Å². The van der Waals surface area contributed by atoms with Crippen LogP contribution in [0.1, 0.15) is 41.6 Å². The molecule has 92 valence electrons. The van der Waals surface area contributed by atoms with E-state index < -0.39 is 0 Å². The van der Waals surface area contributed by atoms with Crippen LogP contribution in [0.5, 0.6) is 0 Å². The molecule has 2 aliphatic rings. The number of carbonyl (C=O) groups excluding carboxylic acids is 1. The van der Waals surface area contributed by atoms with Crippen LogP contribution in [0.3, 0.4) is 0 Å². The average molecular weight is 240 g/mol. The lowest BCUT2D eigenvalue weighted by Crippen LogP contribution is -2.40. The zero-order chi connectivity index (χ0) is 12.5. The molecule has 0 spiro atoms. The number of hydrogen-bond acceptors (Lipinski definition) is 3. The van der Waals surface area contributed by atoms with E-state index in [0.29, 0.717) is 17.6 Å². The molecule has 2 unspecified atom stereocenters. The molecule has 1 aromatic carbocycles. The molecule has 18 heavy (non-hydrogen) atoms. The number of benzene rings is 1. The largest absolute Gasteiger partial charge is 0.311 e. The first kappa shape index (κ1) is 11.4. The number of hydrogen-bond donors (Lipinski definition) is 1. The second-order valence-corrected chi connectivity index (χ2v) is 5.36. The van der Waals surface area contributed by atoms with Gasteiger partial charge in [0.2, 0.25) is 0 Å². The summed E-state index contributed by atoms with van der Waals surface area (Å²) < 4.78 is 0. The van der Waals surface area contributed by atoms with Gasteiger partial charge in [0.1, 0.15) is 0 Å². The van der Waals surface area contributed by atoms with Crippen molar-refractivity contribution in [2.24, 2.45) is 5.92 Å². The third-order valence-electron chi connectivity index (χ3n) is 4.14. The molecular formula is C15H16N2O. The third kappa shape index (κ3) is 2.04. The number of piperidine rings is 1. The minimum Gasteiger partial charge on any atom is -0.311 e. The quantitative estimate of drug-likeness (QED) is 0.807. The summed E-state index contributed by atoms with van der Waals surface area (Å²) in [5, 5.41) is 12.3. The lowest BCUT2D eigenvalue weighted by molar-refractivity contribution is 0.0875. The van der Waals surface area contributed by atoms with Crippen molar-refractivity contribution in [3.63, 3.8) is 0 Å². The molecule has 0 aromatic heterocycles. The Morgan fingerprint density at radius 1 is 1.17 bits per heavy atom. The summed E-state index contributed by atoms with van der Waals surface area (Å²) in [4.78, 5) is 12.4. The summed E-state index contributed by atoms with van der Waals surface area (Å²) in [7, 11) is 0. The summed E-state index contributed by atoms with van der Waals surface area (Å²) >= 11 is 0. The van der Waals surface area contributed by atoms with Gasteiger partial charge in [-0.3, -0.25) is 4.79 Å². The Kier molecular flexibility index (Phi) is 2.89. The number of carbonyl (C=O) groups is 1. The van der Waals surface area contributed by atoms with Gasteiger partial charge in [-0.1, -0.05) is 12.1 Å². The SMILES string of the molecule is N#Cc1ccc(C(=O)C2CC3CCC(C2)N3)cc1. The maximum absolute atomic E-state index is 12.4. The van der Waals surface area contributed by atoms with Crippen LogP contribution in [0.15, 0.2) is 24.3 Å². The smallest absolute Gasteiger partial charge is 0.166 e. The second kappa shape index (κ2) is 4.55. The van der Waals surface area contributed by atoms with E-state index in [1.165, 1.54) is 12.8 Å². The fourth-order valence-electron chi connectivity index (χ4n) is 3.22. The predicted octanol–water partition coefficient (Wildman–Crippen LogP) is 2.27. The van der Waals surface area contributed by atoms with Crippen LogP contribution in [-0.4, -0.2) is 17.9 Å².